The molecule has 2 heterocycles. The summed E-state index contributed by atoms with van der Waals surface area (Å²) in [5.74, 6) is 0.836. The molecule has 1 unspecified atom stereocenters. The predicted octanol–water partition coefficient (Wildman–Crippen LogP) is 0.609. The van der Waals surface area contributed by atoms with Crippen molar-refractivity contribution in [2.45, 2.75) is 13.0 Å². The second kappa shape index (κ2) is 5.77. The number of hydrogen-bond donors (Lipinski definition) is 1. The zero-order chi connectivity index (χ0) is 11.2. The Balaban J connectivity index is 1.71. The zero-order valence-corrected chi connectivity index (χ0v) is 9.59. The van der Waals surface area contributed by atoms with Gasteiger partial charge in [0.25, 0.3) is 0 Å². The van der Waals surface area contributed by atoms with Crippen molar-refractivity contribution in [3.63, 3.8) is 0 Å². The van der Waals surface area contributed by atoms with Crippen LogP contribution in [-0.4, -0.2) is 53.8 Å². The highest BCUT2D eigenvalue weighted by atomic mass is 16.5. The summed E-state index contributed by atoms with van der Waals surface area (Å²) in [6.45, 7) is 6.80. The molecule has 1 aromatic heterocycles. The van der Waals surface area contributed by atoms with E-state index >= 15 is 0 Å². The summed E-state index contributed by atoms with van der Waals surface area (Å²) in [7, 11) is 0. The summed E-state index contributed by atoms with van der Waals surface area (Å²) in [5.41, 5.74) is 0. The van der Waals surface area contributed by atoms with E-state index in [1.165, 1.54) is 0 Å². The summed E-state index contributed by atoms with van der Waals surface area (Å²) in [6.07, 6.45) is 5.11. The highest BCUT2D eigenvalue weighted by Gasteiger charge is 2.17. The summed E-state index contributed by atoms with van der Waals surface area (Å²) < 4.78 is 5.39. The lowest BCUT2D eigenvalue weighted by Crippen LogP contribution is -2.45. The molecule has 1 aliphatic heterocycles. The third-order valence-electron chi connectivity index (χ3n) is 2.77. The first kappa shape index (κ1) is 11.3. The monoisotopic (exact) mass is 222 g/mol. The van der Waals surface area contributed by atoms with Crippen LogP contribution in [0.4, 0.5) is 5.82 Å². The van der Waals surface area contributed by atoms with Gasteiger partial charge in [-0.2, -0.15) is 0 Å². The molecule has 0 aliphatic carbocycles. The van der Waals surface area contributed by atoms with Gasteiger partial charge >= 0.3 is 0 Å². The lowest BCUT2D eigenvalue weighted by Gasteiger charge is -2.33. The average molecular weight is 222 g/mol. The van der Waals surface area contributed by atoms with Crippen LogP contribution < -0.4 is 5.32 Å². The minimum atomic E-state index is 0.511. The van der Waals surface area contributed by atoms with E-state index in [1.54, 1.807) is 18.6 Å². The Morgan fingerprint density at radius 2 is 2.50 bits per heavy atom. The highest BCUT2D eigenvalue weighted by molar-refractivity contribution is 5.29. The number of rotatable bonds is 4. The third kappa shape index (κ3) is 3.15. The van der Waals surface area contributed by atoms with Gasteiger partial charge in [-0.15, -0.1) is 0 Å². The van der Waals surface area contributed by atoms with Crippen molar-refractivity contribution in [2.24, 2.45) is 0 Å². The predicted molar refractivity (Wildman–Crippen MR) is 62.4 cm³/mol. The third-order valence-corrected chi connectivity index (χ3v) is 2.77. The van der Waals surface area contributed by atoms with Gasteiger partial charge in [0.05, 0.1) is 19.4 Å². The van der Waals surface area contributed by atoms with Crippen molar-refractivity contribution >= 4 is 5.82 Å². The van der Waals surface area contributed by atoms with Gasteiger partial charge < -0.3 is 10.1 Å². The van der Waals surface area contributed by atoms with Gasteiger partial charge in [0, 0.05) is 38.1 Å². The van der Waals surface area contributed by atoms with Crippen LogP contribution in [0.5, 0.6) is 0 Å². The number of ether oxygens (including phenoxy) is 1. The van der Waals surface area contributed by atoms with Crippen LogP contribution in [0.3, 0.4) is 0 Å². The Morgan fingerprint density at radius 3 is 3.25 bits per heavy atom. The number of anilines is 1. The number of morpholine rings is 1. The van der Waals surface area contributed by atoms with E-state index in [0.717, 1.165) is 38.7 Å². The molecule has 0 spiro atoms. The minimum Gasteiger partial charge on any atom is -0.379 e. The Hall–Kier alpha value is -1.20. The van der Waals surface area contributed by atoms with E-state index < -0.39 is 0 Å². The van der Waals surface area contributed by atoms with E-state index in [4.69, 9.17) is 4.74 Å². The van der Waals surface area contributed by atoms with Crippen LogP contribution >= 0.6 is 0 Å². The number of hydrogen-bond acceptors (Lipinski definition) is 5. The Labute approximate surface area is 95.8 Å². The summed E-state index contributed by atoms with van der Waals surface area (Å²) in [6, 6.07) is 0.511. The van der Waals surface area contributed by atoms with Crippen molar-refractivity contribution in [1.29, 1.82) is 0 Å². The van der Waals surface area contributed by atoms with Crippen LogP contribution in [0.1, 0.15) is 6.92 Å². The molecule has 1 saturated heterocycles. The lowest BCUT2D eigenvalue weighted by atomic mass is 10.2. The molecular weight excluding hydrogens is 204 g/mol. The van der Waals surface area contributed by atoms with Crippen molar-refractivity contribution < 1.29 is 4.74 Å². The topological polar surface area (TPSA) is 50.3 Å². The smallest absolute Gasteiger partial charge is 0.144 e. The molecule has 1 fully saturated rings. The molecule has 88 valence electrons. The fraction of sp³-hybridized carbons (Fsp3) is 0.636. The maximum absolute atomic E-state index is 5.39. The molecule has 16 heavy (non-hydrogen) atoms. The van der Waals surface area contributed by atoms with E-state index in [0.29, 0.717) is 6.04 Å². The average Bonchev–Trinajstić information content (AvgIpc) is 2.33. The lowest BCUT2D eigenvalue weighted by molar-refractivity contribution is 0.00181. The molecular formula is C11H18N4O. The summed E-state index contributed by atoms with van der Waals surface area (Å²) >= 11 is 0. The van der Waals surface area contributed by atoms with Gasteiger partial charge in [-0.05, 0) is 6.92 Å². The van der Waals surface area contributed by atoms with Crippen LogP contribution in [0.2, 0.25) is 0 Å². The maximum Gasteiger partial charge on any atom is 0.144 e. The van der Waals surface area contributed by atoms with Crippen LogP contribution in [0.15, 0.2) is 18.6 Å². The molecule has 2 rings (SSSR count). The molecule has 0 amide bonds. The van der Waals surface area contributed by atoms with E-state index in [9.17, 15) is 0 Å². The summed E-state index contributed by atoms with van der Waals surface area (Å²) in [4.78, 5) is 10.6. The first-order valence-electron chi connectivity index (χ1n) is 5.68. The first-order chi connectivity index (χ1) is 7.86. The molecule has 0 saturated carbocycles. The standard InChI is InChI=1S/C11H18N4O/c1-10-9-16-7-6-15(10)5-4-14-11-8-12-2-3-13-11/h2-3,8,10H,4-7,9H2,1H3,(H,13,14). The van der Waals surface area contributed by atoms with Gasteiger partial charge in [-0.3, -0.25) is 9.88 Å². The molecule has 1 aliphatic rings. The normalized spacial score (nSPS) is 21.9. The van der Waals surface area contributed by atoms with Gasteiger partial charge in [0.2, 0.25) is 0 Å². The molecule has 1 atom stereocenters. The molecule has 0 bridgehead atoms. The van der Waals surface area contributed by atoms with Crippen molar-refractivity contribution in [2.75, 3.05) is 38.2 Å². The van der Waals surface area contributed by atoms with Gasteiger partial charge in [0.15, 0.2) is 0 Å². The molecule has 5 heteroatoms. The van der Waals surface area contributed by atoms with Crippen molar-refractivity contribution in [3.05, 3.63) is 18.6 Å². The van der Waals surface area contributed by atoms with Gasteiger partial charge in [-0.25, -0.2) is 4.98 Å². The fourth-order valence-corrected chi connectivity index (χ4v) is 1.81. The number of aromatic nitrogens is 2. The van der Waals surface area contributed by atoms with Gasteiger partial charge in [0.1, 0.15) is 5.82 Å². The van der Waals surface area contributed by atoms with Gasteiger partial charge in [-0.1, -0.05) is 0 Å². The van der Waals surface area contributed by atoms with E-state index in [2.05, 4.69) is 27.1 Å². The molecule has 1 aromatic rings. The van der Waals surface area contributed by atoms with E-state index in [1.807, 2.05) is 0 Å². The number of nitrogens with zero attached hydrogens (tertiary/aromatic N) is 3. The highest BCUT2D eigenvalue weighted by Crippen LogP contribution is 2.05. The van der Waals surface area contributed by atoms with Crippen molar-refractivity contribution in [1.82, 2.24) is 14.9 Å². The van der Waals surface area contributed by atoms with Crippen molar-refractivity contribution in [3.8, 4) is 0 Å². The minimum absolute atomic E-state index is 0.511. The van der Waals surface area contributed by atoms with Crippen LogP contribution in [-0.2, 0) is 4.74 Å². The Morgan fingerprint density at radius 1 is 1.56 bits per heavy atom. The molecule has 0 aromatic carbocycles. The SMILES string of the molecule is CC1COCCN1CCNc1cnccn1. The molecule has 1 N–H and O–H groups in total. The zero-order valence-electron chi connectivity index (χ0n) is 9.59. The quantitative estimate of drug-likeness (QED) is 0.809. The fourth-order valence-electron chi connectivity index (χ4n) is 1.81. The molecule has 5 nitrogen and oxygen atoms in total. The van der Waals surface area contributed by atoms with Crippen LogP contribution in [0, 0.1) is 0 Å². The maximum atomic E-state index is 5.39. The second-order valence-corrected chi connectivity index (χ2v) is 3.98. The largest absolute Gasteiger partial charge is 0.379 e. The first-order valence-corrected chi connectivity index (χ1v) is 5.68. The summed E-state index contributed by atoms with van der Waals surface area (Å²) in [5, 5.41) is 3.26. The number of nitrogens with one attached hydrogen (secondary N) is 1. The van der Waals surface area contributed by atoms with E-state index in [-0.39, 0.29) is 0 Å². The Kier molecular flexibility index (Phi) is 4.07. The van der Waals surface area contributed by atoms with Crippen LogP contribution in [0.25, 0.3) is 0 Å². The molecule has 0 radical (unpaired) electrons. The Bertz CT molecular complexity index is 306. The second-order valence-electron chi connectivity index (χ2n) is 3.98.